The molecule has 0 amide bonds. The summed E-state index contributed by atoms with van der Waals surface area (Å²) in [4.78, 5) is 0. The molecular weight excluding hydrogens is 259 g/mol. The quantitative estimate of drug-likeness (QED) is 0.852. The molecule has 3 nitrogen and oxygen atoms in total. The topological polar surface area (TPSA) is 27.1 Å². The average molecular weight is 271 g/mol. The van der Waals surface area contributed by atoms with Crippen molar-refractivity contribution in [3.05, 3.63) is 45.7 Å². The highest BCUT2D eigenvalue weighted by Crippen LogP contribution is 2.26. The molecule has 90 valence electrons. The summed E-state index contributed by atoms with van der Waals surface area (Å²) < 4.78 is 7.26. The van der Waals surface area contributed by atoms with Crippen molar-refractivity contribution in [3.63, 3.8) is 0 Å². The molecule has 0 saturated heterocycles. The Morgan fingerprint density at radius 1 is 1.29 bits per heavy atom. The number of nitrogens with zero attached hydrogens (tertiary/aromatic N) is 2. The van der Waals surface area contributed by atoms with Crippen LogP contribution in [0.3, 0.4) is 0 Å². The molecule has 5 heteroatoms. The second kappa shape index (κ2) is 4.98. The lowest BCUT2D eigenvalue weighted by atomic mass is 10.3. The first-order valence-electron chi connectivity index (χ1n) is 5.15. The van der Waals surface area contributed by atoms with Crippen molar-refractivity contribution in [2.45, 2.75) is 13.5 Å². The highest BCUT2D eigenvalue weighted by Gasteiger charge is 2.12. The third kappa shape index (κ3) is 2.56. The summed E-state index contributed by atoms with van der Waals surface area (Å²) in [6.45, 7) is 2.26. The Hall–Kier alpha value is -1.19. The molecule has 0 aliphatic heterocycles. The van der Waals surface area contributed by atoms with E-state index in [4.69, 9.17) is 27.9 Å². The Labute approximate surface area is 110 Å². The molecule has 0 atom stereocenters. The van der Waals surface area contributed by atoms with Gasteiger partial charge < -0.3 is 4.74 Å². The summed E-state index contributed by atoms with van der Waals surface area (Å²) in [6, 6.07) is 7.34. The van der Waals surface area contributed by atoms with Gasteiger partial charge in [0.2, 0.25) is 0 Å². The van der Waals surface area contributed by atoms with Gasteiger partial charge in [0.25, 0.3) is 0 Å². The van der Waals surface area contributed by atoms with Gasteiger partial charge in [0.1, 0.15) is 17.5 Å². The molecule has 1 aromatic carbocycles. The molecule has 0 aliphatic carbocycles. The molecule has 0 saturated carbocycles. The number of ether oxygens (including phenoxy) is 1. The van der Waals surface area contributed by atoms with Crippen LogP contribution in [0.5, 0.6) is 5.75 Å². The van der Waals surface area contributed by atoms with Crippen LogP contribution < -0.4 is 4.74 Å². The Morgan fingerprint density at radius 2 is 2.00 bits per heavy atom. The van der Waals surface area contributed by atoms with Crippen molar-refractivity contribution in [1.82, 2.24) is 9.78 Å². The van der Waals surface area contributed by atoms with Crippen molar-refractivity contribution in [1.29, 1.82) is 0 Å². The molecule has 0 spiro atoms. The molecule has 0 bridgehead atoms. The Morgan fingerprint density at radius 3 is 2.59 bits per heavy atom. The summed E-state index contributed by atoms with van der Waals surface area (Å²) in [6.07, 6.45) is 0. The average Bonchev–Trinajstić information content (AvgIpc) is 2.53. The number of para-hydroxylation sites is 1. The van der Waals surface area contributed by atoms with Crippen LogP contribution in [0, 0.1) is 6.92 Å². The van der Waals surface area contributed by atoms with E-state index in [9.17, 15) is 0 Å². The lowest BCUT2D eigenvalue weighted by Gasteiger charge is -2.07. The Balaban J connectivity index is 2.15. The zero-order valence-electron chi connectivity index (χ0n) is 9.58. The van der Waals surface area contributed by atoms with Gasteiger partial charge in [0, 0.05) is 12.6 Å². The third-order valence-electron chi connectivity index (χ3n) is 2.48. The fourth-order valence-electron chi connectivity index (χ4n) is 1.55. The molecule has 0 N–H and O–H groups in total. The molecule has 17 heavy (non-hydrogen) atoms. The van der Waals surface area contributed by atoms with Crippen LogP contribution in [0.25, 0.3) is 0 Å². The van der Waals surface area contributed by atoms with Crippen LogP contribution in [0.1, 0.15) is 11.3 Å². The number of aryl methyl sites for hydroxylation is 2. The fraction of sp³-hybridized carbons (Fsp3) is 0.250. The fourth-order valence-corrected chi connectivity index (χ4v) is 1.97. The summed E-state index contributed by atoms with van der Waals surface area (Å²) >= 11 is 12.1. The van der Waals surface area contributed by atoms with Crippen LogP contribution in [-0.4, -0.2) is 9.78 Å². The summed E-state index contributed by atoms with van der Waals surface area (Å²) in [5, 5.41) is 5.40. The molecule has 1 heterocycles. The van der Waals surface area contributed by atoms with Gasteiger partial charge in [-0.2, -0.15) is 5.10 Å². The van der Waals surface area contributed by atoms with E-state index in [1.165, 1.54) is 0 Å². The van der Waals surface area contributed by atoms with Gasteiger partial charge in [-0.15, -0.1) is 0 Å². The van der Waals surface area contributed by atoms with Crippen molar-refractivity contribution < 1.29 is 4.74 Å². The highest BCUT2D eigenvalue weighted by atomic mass is 35.5. The predicted molar refractivity (Wildman–Crippen MR) is 68.7 cm³/mol. The van der Waals surface area contributed by atoms with Gasteiger partial charge in [-0.1, -0.05) is 35.3 Å². The second-order valence-electron chi connectivity index (χ2n) is 3.70. The largest absolute Gasteiger partial charge is 0.487 e. The Kier molecular flexibility index (Phi) is 3.60. The number of benzene rings is 1. The maximum atomic E-state index is 6.11. The highest BCUT2D eigenvalue weighted by molar-refractivity contribution is 6.32. The van der Waals surface area contributed by atoms with Gasteiger partial charge in [-0.3, -0.25) is 4.68 Å². The standard InChI is InChI=1S/C12H12Cl2N2O/c1-8-9(12(14)16(2)15-8)7-17-11-6-4-3-5-10(11)13/h3-6H,7H2,1-2H3. The van der Waals surface area contributed by atoms with Crippen LogP contribution in [0.4, 0.5) is 0 Å². The van der Waals surface area contributed by atoms with E-state index in [2.05, 4.69) is 5.10 Å². The lowest BCUT2D eigenvalue weighted by molar-refractivity contribution is 0.305. The van der Waals surface area contributed by atoms with E-state index in [1.54, 1.807) is 17.8 Å². The SMILES string of the molecule is Cc1nn(C)c(Cl)c1COc1ccccc1Cl. The number of rotatable bonds is 3. The van der Waals surface area contributed by atoms with Crippen LogP contribution >= 0.6 is 23.2 Å². The Bertz CT molecular complexity index is 537. The zero-order valence-corrected chi connectivity index (χ0v) is 11.1. The minimum atomic E-state index is 0.363. The van der Waals surface area contributed by atoms with Crippen LogP contribution in [0.15, 0.2) is 24.3 Å². The van der Waals surface area contributed by atoms with E-state index in [0.717, 1.165) is 11.3 Å². The third-order valence-corrected chi connectivity index (χ3v) is 3.26. The molecule has 0 unspecified atom stereocenters. The van der Waals surface area contributed by atoms with Gasteiger partial charge in [0.05, 0.1) is 10.7 Å². The van der Waals surface area contributed by atoms with Gasteiger partial charge in [-0.05, 0) is 19.1 Å². The number of halogens is 2. The zero-order chi connectivity index (χ0) is 12.4. The summed E-state index contributed by atoms with van der Waals surface area (Å²) in [7, 11) is 1.80. The monoisotopic (exact) mass is 270 g/mol. The summed E-state index contributed by atoms with van der Waals surface area (Å²) in [5.74, 6) is 0.647. The van der Waals surface area contributed by atoms with Crippen LogP contribution in [0.2, 0.25) is 10.2 Å². The van der Waals surface area contributed by atoms with Gasteiger partial charge in [0.15, 0.2) is 0 Å². The maximum Gasteiger partial charge on any atom is 0.138 e. The first kappa shape index (κ1) is 12.3. The molecule has 1 aromatic heterocycles. The van der Waals surface area contributed by atoms with Crippen LogP contribution in [-0.2, 0) is 13.7 Å². The first-order valence-corrected chi connectivity index (χ1v) is 5.90. The normalized spacial score (nSPS) is 10.6. The van der Waals surface area contributed by atoms with Crippen molar-refractivity contribution in [3.8, 4) is 5.75 Å². The molecule has 0 fully saturated rings. The van der Waals surface area contributed by atoms with E-state index in [-0.39, 0.29) is 0 Å². The van der Waals surface area contributed by atoms with E-state index in [1.807, 2.05) is 25.1 Å². The molecule has 2 rings (SSSR count). The molecular formula is C12H12Cl2N2O. The predicted octanol–water partition coefficient (Wildman–Crippen LogP) is 3.61. The van der Waals surface area contributed by atoms with E-state index in [0.29, 0.717) is 22.5 Å². The molecule has 0 aliphatic rings. The second-order valence-corrected chi connectivity index (χ2v) is 4.46. The van der Waals surface area contributed by atoms with Crippen molar-refractivity contribution >= 4 is 23.2 Å². The minimum absolute atomic E-state index is 0.363. The van der Waals surface area contributed by atoms with E-state index < -0.39 is 0 Å². The molecule has 2 aromatic rings. The number of hydrogen-bond acceptors (Lipinski definition) is 2. The summed E-state index contributed by atoms with van der Waals surface area (Å²) in [5.41, 5.74) is 1.75. The van der Waals surface area contributed by atoms with E-state index >= 15 is 0 Å². The lowest BCUT2D eigenvalue weighted by Crippen LogP contribution is -1.97. The first-order chi connectivity index (χ1) is 8.09. The van der Waals surface area contributed by atoms with Crippen molar-refractivity contribution in [2.24, 2.45) is 7.05 Å². The number of hydrogen-bond donors (Lipinski definition) is 0. The molecule has 0 radical (unpaired) electrons. The van der Waals surface area contributed by atoms with Crippen molar-refractivity contribution in [2.75, 3.05) is 0 Å². The number of aromatic nitrogens is 2. The minimum Gasteiger partial charge on any atom is -0.487 e. The van der Waals surface area contributed by atoms with Gasteiger partial charge in [-0.25, -0.2) is 0 Å². The maximum absolute atomic E-state index is 6.11. The smallest absolute Gasteiger partial charge is 0.138 e. The van der Waals surface area contributed by atoms with Gasteiger partial charge >= 0.3 is 0 Å².